The summed E-state index contributed by atoms with van der Waals surface area (Å²) in [6.45, 7) is 5.57. The van der Waals surface area contributed by atoms with E-state index in [0.29, 0.717) is 0 Å². The van der Waals surface area contributed by atoms with Gasteiger partial charge in [0.15, 0.2) is 0 Å². The molecule has 0 saturated carbocycles. The largest absolute Gasteiger partial charge is 0.393 e. The van der Waals surface area contributed by atoms with Crippen molar-refractivity contribution in [1.82, 2.24) is 5.32 Å². The lowest BCUT2D eigenvalue weighted by molar-refractivity contribution is 0.183. The van der Waals surface area contributed by atoms with Gasteiger partial charge in [0.05, 0.1) is 6.10 Å². The highest BCUT2D eigenvalue weighted by atomic mass is 79.9. The number of rotatable bonds is 5. The average Bonchev–Trinajstić information content (AvgIpc) is 2.14. The summed E-state index contributed by atoms with van der Waals surface area (Å²) >= 11 is 3.54. The van der Waals surface area contributed by atoms with Crippen molar-refractivity contribution in [1.29, 1.82) is 0 Å². The summed E-state index contributed by atoms with van der Waals surface area (Å²) in [6.07, 6.45) is 0.572. The summed E-state index contributed by atoms with van der Waals surface area (Å²) in [5.41, 5.74) is 2.51. The number of aryl methyl sites for hydroxylation is 1. The Morgan fingerprint density at radius 3 is 2.80 bits per heavy atom. The van der Waals surface area contributed by atoms with Gasteiger partial charge < -0.3 is 10.4 Å². The molecule has 0 fully saturated rings. The lowest BCUT2D eigenvalue weighted by Crippen LogP contribution is -2.18. The zero-order chi connectivity index (χ0) is 11.3. The van der Waals surface area contributed by atoms with Crippen molar-refractivity contribution in [2.45, 2.75) is 32.9 Å². The van der Waals surface area contributed by atoms with Crippen molar-refractivity contribution in [2.75, 3.05) is 6.54 Å². The average molecular weight is 272 g/mol. The first kappa shape index (κ1) is 12.7. The molecule has 0 aliphatic rings. The number of hydrogen-bond donors (Lipinski definition) is 2. The molecule has 0 spiro atoms. The Morgan fingerprint density at radius 2 is 2.20 bits per heavy atom. The first-order chi connectivity index (χ1) is 7.09. The number of aliphatic hydroxyl groups excluding tert-OH is 1. The molecule has 1 aromatic carbocycles. The van der Waals surface area contributed by atoms with Gasteiger partial charge in [0, 0.05) is 11.0 Å². The van der Waals surface area contributed by atoms with Crippen molar-refractivity contribution in [3.63, 3.8) is 0 Å². The smallest absolute Gasteiger partial charge is 0.0524 e. The molecule has 0 radical (unpaired) electrons. The molecular formula is C12H18BrNO. The van der Waals surface area contributed by atoms with Crippen LogP contribution in [0.1, 0.15) is 24.5 Å². The predicted molar refractivity (Wildman–Crippen MR) is 66.9 cm³/mol. The van der Waals surface area contributed by atoms with Crippen LogP contribution in [0.4, 0.5) is 0 Å². The van der Waals surface area contributed by atoms with Crippen LogP contribution in [0.2, 0.25) is 0 Å². The highest BCUT2D eigenvalue weighted by molar-refractivity contribution is 9.10. The van der Waals surface area contributed by atoms with Crippen molar-refractivity contribution in [3.05, 3.63) is 33.8 Å². The molecule has 2 nitrogen and oxygen atoms in total. The van der Waals surface area contributed by atoms with E-state index in [0.717, 1.165) is 24.0 Å². The van der Waals surface area contributed by atoms with E-state index in [1.807, 2.05) is 6.92 Å². The summed E-state index contributed by atoms with van der Waals surface area (Å²) in [4.78, 5) is 0. The quantitative estimate of drug-likeness (QED) is 0.808. The van der Waals surface area contributed by atoms with Crippen LogP contribution in [0, 0.1) is 6.92 Å². The Morgan fingerprint density at radius 1 is 1.47 bits per heavy atom. The third-order valence-corrected chi connectivity index (χ3v) is 3.00. The maximum atomic E-state index is 9.09. The number of halogens is 1. The minimum atomic E-state index is -0.223. The van der Waals surface area contributed by atoms with E-state index in [1.54, 1.807) is 0 Å². The fourth-order valence-corrected chi connectivity index (χ4v) is 1.96. The van der Waals surface area contributed by atoms with Crippen LogP contribution in [-0.4, -0.2) is 17.8 Å². The zero-order valence-electron chi connectivity index (χ0n) is 9.26. The van der Waals surface area contributed by atoms with Gasteiger partial charge >= 0.3 is 0 Å². The van der Waals surface area contributed by atoms with Crippen LogP contribution >= 0.6 is 15.9 Å². The van der Waals surface area contributed by atoms with Crippen molar-refractivity contribution in [2.24, 2.45) is 0 Å². The molecule has 0 unspecified atom stereocenters. The molecule has 15 heavy (non-hydrogen) atoms. The van der Waals surface area contributed by atoms with Crippen LogP contribution in [0.15, 0.2) is 22.7 Å². The molecule has 84 valence electrons. The monoisotopic (exact) mass is 271 g/mol. The molecule has 1 atom stereocenters. The molecule has 0 aromatic heterocycles. The van der Waals surface area contributed by atoms with Gasteiger partial charge in [-0.25, -0.2) is 0 Å². The zero-order valence-corrected chi connectivity index (χ0v) is 10.8. The Balaban J connectivity index is 2.37. The third kappa shape index (κ3) is 4.78. The van der Waals surface area contributed by atoms with E-state index in [1.165, 1.54) is 11.1 Å². The van der Waals surface area contributed by atoms with Gasteiger partial charge in [-0.3, -0.25) is 0 Å². The van der Waals surface area contributed by atoms with Crippen LogP contribution < -0.4 is 5.32 Å². The Bertz CT molecular complexity index is 312. The SMILES string of the molecule is Cc1ccc(CNCC[C@@H](C)O)c(Br)c1. The predicted octanol–water partition coefficient (Wildman–Crippen LogP) is 2.62. The molecule has 0 aliphatic carbocycles. The standard InChI is InChI=1S/C12H18BrNO/c1-9-3-4-11(12(13)7-9)8-14-6-5-10(2)15/h3-4,7,10,14-15H,5-6,8H2,1-2H3/t10-/m1/s1. The van der Waals surface area contributed by atoms with E-state index in [9.17, 15) is 0 Å². The first-order valence-electron chi connectivity index (χ1n) is 5.23. The maximum Gasteiger partial charge on any atom is 0.0524 e. The molecular weight excluding hydrogens is 254 g/mol. The van der Waals surface area contributed by atoms with Gasteiger partial charge in [-0.2, -0.15) is 0 Å². The highest BCUT2D eigenvalue weighted by Gasteiger charge is 2.00. The molecule has 2 N–H and O–H groups in total. The minimum absolute atomic E-state index is 0.223. The Hall–Kier alpha value is -0.380. The summed E-state index contributed by atoms with van der Waals surface area (Å²) in [5.74, 6) is 0. The lowest BCUT2D eigenvalue weighted by atomic mass is 10.1. The molecule has 0 heterocycles. The minimum Gasteiger partial charge on any atom is -0.393 e. The third-order valence-electron chi connectivity index (χ3n) is 2.26. The van der Waals surface area contributed by atoms with Crippen molar-refractivity contribution in [3.8, 4) is 0 Å². The number of hydrogen-bond acceptors (Lipinski definition) is 2. The van der Waals surface area contributed by atoms with E-state index >= 15 is 0 Å². The number of benzene rings is 1. The number of aliphatic hydroxyl groups is 1. The lowest BCUT2D eigenvalue weighted by Gasteiger charge is -2.08. The Kier molecular flexibility index (Phi) is 5.29. The van der Waals surface area contributed by atoms with Crippen LogP contribution in [-0.2, 0) is 6.54 Å². The van der Waals surface area contributed by atoms with Gasteiger partial charge in [-0.15, -0.1) is 0 Å². The van der Waals surface area contributed by atoms with Crippen LogP contribution in [0.5, 0.6) is 0 Å². The summed E-state index contributed by atoms with van der Waals surface area (Å²) in [6, 6.07) is 6.34. The van der Waals surface area contributed by atoms with Gasteiger partial charge in [0.25, 0.3) is 0 Å². The molecule has 1 rings (SSSR count). The summed E-state index contributed by atoms with van der Waals surface area (Å²) < 4.78 is 1.15. The summed E-state index contributed by atoms with van der Waals surface area (Å²) in [5, 5.41) is 12.4. The van der Waals surface area contributed by atoms with Crippen LogP contribution in [0.25, 0.3) is 0 Å². The van der Waals surface area contributed by atoms with E-state index in [4.69, 9.17) is 5.11 Å². The van der Waals surface area contributed by atoms with E-state index in [2.05, 4.69) is 46.4 Å². The fraction of sp³-hybridized carbons (Fsp3) is 0.500. The second-order valence-corrected chi connectivity index (χ2v) is 4.76. The number of nitrogens with one attached hydrogen (secondary N) is 1. The topological polar surface area (TPSA) is 32.3 Å². The van der Waals surface area contributed by atoms with Gasteiger partial charge in [-0.1, -0.05) is 28.1 Å². The fourth-order valence-electron chi connectivity index (χ4n) is 1.33. The van der Waals surface area contributed by atoms with Crippen molar-refractivity contribution < 1.29 is 5.11 Å². The van der Waals surface area contributed by atoms with Gasteiger partial charge in [0.1, 0.15) is 0 Å². The Labute approximate surface area is 99.8 Å². The highest BCUT2D eigenvalue weighted by Crippen LogP contribution is 2.17. The van der Waals surface area contributed by atoms with E-state index in [-0.39, 0.29) is 6.10 Å². The first-order valence-corrected chi connectivity index (χ1v) is 6.02. The molecule has 0 amide bonds. The maximum absolute atomic E-state index is 9.09. The second-order valence-electron chi connectivity index (χ2n) is 3.91. The van der Waals surface area contributed by atoms with Gasteiger partial charge in [0.2, 0.25) is 0 Å². The molecule has 1 aromatic rings. The normalized spacial score (nSPS) is 12.8. The van der Waals surface area contributed by atoms with E-state index < -0.39 is 0 Å². The van der Waals surface area contributed by atoms with Crippen LogP contribution in [0.3, 0.4) is 0 Å². The molecule has 3 heteroatoms. The van der Waals surface area contributed by atoms with Gasteiger partial charge in [-0.05, 0) is 44.0 Å². The molecule has 0 aliphatic heterocycles. The molecule has 0 bridgehead atoms. The van der Waals surface area contributed by atoms with Crippen molar-refractivity contribution >= 4 is 15.9 Å². The second kappa shape index (κ2) is 6.26. The summed E-state index contributed by atoms with van der Waals surface area (Å²) in [7, 11) is 0. The molecule has 0 saturated heterocycles.